The monoisotopic (exact) mass is 267 g/mol. The lowest BCUT2D eigenvalue weighted by Gasteiger charge is -2.34. The van der Waals surface area contributed by atoms with Gasteiger partial charge >= 0.3 is 5.82 Å². The van der Waals surface area contributed by atoms with E-state index in [0.717, 1.165) is 32.7 Å². The number of aromatic nitrogens is 2. The zero-order chi connectivity index (χ0) is 13.8. The largest absolute Gasteiger partial charge is 0.358 e. The summed E-state index contributed by atoms with van der Waals surface area (Å²) in [5.74, 6) is 0.739. The topological polar surface area (TPSA) is 67.4 Å². The van der Waals surface area contributed by atoms with Crippen LogP contribution < -0.4 is 0 Å². The van der Waals surface area contributed by atoms with Crippen LogP contribution in [-0.2, 0) is 6.67 Å². The minimum Gasteiger partial charge on any atom is -0.358 e. The van der Waals surface area contributed by atoms with Gasteiger partial charge in [0.15, 0.2) is 6.67 Å². The Morgan fingerprint density at radius 1 is 1.32 bits per heavy atom. The fourth-order valence-electron chi connectivity index (χ4n) is 2.41. The standard InChI is InChI=1S/C12H21N5O2/c1-11(2)9-14-5-7-15(8-6-14)10-16-12(17(18)19)3-4-13-16/h3-4,11H,5-10H2,1-2H3. The molecule has 2 rings (SSSR count). The van der Waals surface area contributed by atoms with E-state index in [1.165, 1.54) is 16.9 Å². The van der Waals surface area contributed by atoms with Gasteiger partial charge in [-0.2, -0.15) is 0 Å². The molecule has 0 unspecified atom stereocenters. The fourth-order valence-corrected chi connectivity index (χ4v) is 2.41. The molecule has 0 amide bonds. The summed E-state index contributed by atoms with van der Waals surface area (Å²) in [5.41, 5.74) is 0. The van der Waals surface area contributed by atoms with Crippen molar-refractivity contribution in [1.29, 1.82) is 0 Å². The van der Waals surface area contributed by atoms with Gasteiger partial charge in [-0.05, 0) is 10.8 Å². The van der Waals surface area contributed by atoms with Gasteiger partial charge in [-0.3, -0.25) is 4.90 Å². The van der Waals surface area contributed by atoms with Gasteiger partial charge in [0.25, 0.3) is 0 Å². The van der Waals surface area contributed by atoms with Crippen LogP contribution in [0.2, 0.25) is 0 Å². The summed E-state index contributed by atoms with van der Waals surface area (Å²) in [6.07, 6.45) is 1.48. The Hall–Kier alpha value is -1.47. The first-order valence-corrected chi connectivity index (χ1v) is 6.67. The lowest BCUT2D eigenvalue weighted by atomic mass is 10.2. The number of nitrogens with zero attached hydrogens (tertiary/aromatic N) is 5. The molecule has 19 heavy (non-hydrogen) atoms. The first-order valence-electron chi connectivity index (χ1n) is 6.67. The molecule has 2 heterocycles. The second kappa shape index (κ2) is 6.12. The van der Waals surface area contributed by atoms with Crippen LogP contribution in [0.5, 0.6) is 0 Å². The second-order valence-electron chi connectivity index (χ2n) is 5.40. The first-order chi connectivity index (χ1) is 9.06. The summed E-state index contributed by atoms with van der Waals surface area (Å²) < 4.78 is 1.46. The summed E-state index contributed by atoms with van der Waals surface area (Å²) in [6.45, 7) is 9.97. The van der Waals surface area contributed by atoms with E-state index in [0.29, 0.717) is 12.6 Å². The van der Waals surface area contributed by atoms with Gasteiger partial charge in [0.2, 0.25) is 0 Å². The quantitative estimate of drug-likeness (QED) is 0.588. The molecule has 0 radical (unpaired) electrons. The molecule has 0 spiro atoms. The summed E-state index contributed by atoms with van der Waals surface area (Å²) in [7, 11) is 0. The molecule has 0 saturated carbocycles. The van der Waals surface area contributed by atoms with Crippen LogP contribution in [-0.4, -0.2) is 57.2 Å². The van der Waals surface area contributed by atoms with Crippen LogP contribution >= 0.6 is 0 Å². The number of nitro groups is 1. The Morgan fingerprint density at radius 2 is 1.95 bits per heavy atom. The van der Waals surface area contributed by atoms with Crippen molar-refractivity contribution in [3.63, 3.8) is 0 Å². The van der Waals surface area contributed by atoms with E-state index in [1.54, 1.807) is 0 Å². The van der Waals surface area contributed by atoms with E-state index in [4.69, 9.17) is 0 Å². The Balaban J connectivity index is 1.85. The second-order valence-corrected chi connectivity index (χ2v) is 5.40. The molecule has 0 aromatic carbocycles. The lowest BCUT2D eigenvalue weighted by molar-refractivity contribution is -0.393. The van der Waals surface area contributed by atoms with Gasteiger partial charge in [0.1, 0.15) is 0 Å². The van der Waals surface area contributed by atoms with Crippen molar-refractivity contribution >= 4 is 5.82 Å². The van der Waals surface area contributed by atoms with Crippen molar-refractivity contribution in [2.24, 2.45) is 5.92 Å². The maximum absolute atomic E-state index is 10.8. The van der Waals surface area contributed by atoms with Crippen LogP contribution in [0.1, 0.15) is 13.8 Å². The van der Waals surface area contributed by atoms with Crippen molar-refractivity contribution in [2.75, 3.05) is 32.7 Å². The molecule has 7 nitrogen and oxygen atoms in total. The van der Waals surface area contributed by atoms with Gasteiger partial charge in [-0.1, -0.05) is 18.9 Å². The highest BCUT2D eigenvalue weighted by Crippen LogP contribution is 2.12. The van der Waals surface area contributed by atoms with E-state index in [-0.39, 0.29) is 10.7 Å². The van der Waals surface area contributed by atoms with Gasteiger partial charge < -0.3 is 15.0 Å². The smallest absolute Gasteiger partial charge is 0.346 e. The average molecular weight is 267 g/mol. The van der Waals surface area contributed by atoms with Gasteiger partial charge in [-0.25, -0.2) is 0 Å². The third-order valence-electron chi connectivity index (χ3n) is 3.30. The van der Waals surface area contributed by atoms with Crippen molar-refractivity contribution in [3.8, 4) is 0 Å². The zero-order valence-corrected chi connectivity index (χ0v) is 11.5. The number of hydrogen-bond acceptors (Lipinski definition) is 5. The molecule has 0 atom stereocenters. The number of hydrogen-bond donors (Lipinski definition) is 0. The molecule has 1 aromatic heterocycles. The summed E-state index contributed by atoms with van der Waals surface area (Å²) in [4.78, 5) is 15.1. The zero-order valence-electron chi connectivity index (χ0n) is 11.5. The van der Waals surface area contributed by atoms with Gasteiger partial charge in [0, 0.05) is 32.7 Å². The van der Waals surface area contributed by atoms with E-state index >= 15 is 0 Å². The van der Waals surface area contributed by atoms with E-state index in [1.807, 2.05) is 0 Å². The first kappa shape index (κ1) is 14.0. The Labute approximate surface area is 112 Å². The third kappa shape index (κ3) is 3.74. The van der Waals surface area contributed by atoms with Crippen LogP contribution in [0.25, 0.3) is 0 Å². The highest BCUT2D eigenvalue weighted by molar-refractivity contribution is 5.15. The van der Waals surface area contributed by atoms with E-state index in [2.05, 4.69) is 28.7 Å². The van der Waals surface area contributed by atoms with Crippen LogP contribution in [0, 0.1) is 16.0 Å². The molecule has 7 heteroatoms. The molecule has 0 bridgehead atoms. The van der Waals surface area contributed by atoms with Crippen LogP contribution in [0.3, 0.4) is 0 Å². The molecule has 1 saturated heterocycles. The molecule has 1 aliphatic heterocycles. The Morgan fingerprint density at radius 3 is 2.53 bits per heavy atom. The van der Waals surface area contributed by atoms with Crippen molar-refractivity contribution < 1.29 is 4.92 Å². The minimum absolute atomic E-state index is 0.0598. The fraction of sp³-hybridized carbons (Fsp3) is 0.750. The maximum Gasteiger partial charge on any atom is 0.346 e. The van der Waals surface area contributed by atoms with E-state index in [9.17, 15) is 10.1 Å². The average Bonchev–Trinajstić information content (AvgIpc) is 2.79. The minimum atomic E-state index is -0.387. The lowest BCUT2D eigenvalue weighted by Crippen LogP contribution is -2.47. The summed E-state index contributed by atoms with van der Waals surface area (Å²) >= 11 is 0. The highest BCUT2D eigenvalue weighted by Gasteiger charge is 2.21. The number of piperazine rings is 1. The normalized spacial score (nSPS) is 18.1. The molecule has 0 aliphatic carbocycles. The van der Waals surface area contributed by atoms with Gasteiger partial charge in [-0.15, -0.1) is 4.68 Å². The van der Waals surface area contributed by atoms with Crippen LogP contribution in [0.15, 0.2) is 12.3 Å². The van der Waals surface area contributed by atoms with Crippen molar-refractivity contribution in [1.82, 2.24) is 19.6 Å². The molecular formula is C12H21N5O2. The van der Waals surface area contributed by atoms with Gasteiger partial charge in [0.05, 0.1) is 12.3 Å². The summed E-state index contributed by atoms with van der Waals surface area (Å²) in [5, 5.41) is 14.8. The highest BCUT2D eigenvalue weighted by atomic mass is 16.6. The SMILES string of the molecule is CC(C)CN1CCN(Cn2nccc2[N+](=O)[O-])CC1. The molecular weight excluding hydrogens is 246 g/mol. The molecule has 1 aromatic rings. The molecule has 1 fully saturated rings. The maximum atomic E-state index is 10.8. The van der Waals surface area contributed by atoms with Crippen LogP contribution in [0.4, 0.5) is 5.82 Å². The predicted octanol–water partition coefficient (Wildman–Crippen LogP) is 1.02. The Kier molecular flexibility index (Phi) is 4.49. The molecule has 1 aliphatic rings. The van der Waals surface area contributed by atoms with E-state index < -0.39 is 0 Å². The predicted molar refractivity (Wildman–Crippen MR) is 71.7 cm³/mol. The number of rotatable bonds is 5. The van der Waals surface area contributed by atoms with Crippen molar-refractivity contribution in [2.45, 2.75) is 20.5 Å². The third-order valence-corrected chi connectivity index (χ3v) is 3.30. The molecule has 0 N–H and O–H groups in total. The summed E-state index contributed by atoms with van der Waals surface area (Å²) in [6, 6.07) is 1.44. The Bertz CT molecular complexity index is 424. The van der Waals surface area contributed by atoms with Crippen molar-refractivity contribution in [3.05, 3.63) is 22.4 Å². The molecule has 106 valence electrons.